The van der Waals surface area contributed by atoms with E-state index in [1.807, 2.05) is 12.1 Å². The molecule has 2 aromatic rings. The van der Waals surface area contributed by atoms with Gasteiger partial charge in [0.15, 0.2) is 6.10 Å². The maximum absolute atomic E-state index is 12.4. The number of nitrogens with zero attached hydrogens (tertiary/aromatic N) is 1. The Morgan fingerprint density at radius 3 is 2.52 bits per heavy atom. The first kappa shape index (κ1) is 19.7. The zero-order valence-corrected chi connectivity index (χ0v) is 16.2. The molecule has 27 heavy (non-hydrogen) atoms. The van der Waals surface area contributed by atoms with Crippen molar-refractivity contribution < 1.29 is 14.3 Å². The van der Waals surface area contributed by atoms with Crippen LogP contribution in [-0.4, -0.2) is 43.2 Å². The number of benzene rings is 2. The second-order valence-electron chi connectivity index (χ2n) is 6.59. The molecule has 3 rings (SSSR count). The molecule has 1 fully saturated rings. The van der Waals surface area contributed by atoms with Crippen molar-refractivity contribution in [3.05, 3.63) is 64.7 Å². The van der Waals surface area contributed by atoms with E-state index in [0.717, 1.165) is 38.4 Å². The third-order valence-electron chi connectivity index (χ3n) is 4.56. The Morgan fingerprint density at radius 1 is 1.15 bits per heavy atom. The molecule has 5 nitrogen and oxygen atoms in total. The maximum Gasteiger partial charge on any atom is 0.261 e. The number of carbonyl (C=O) groups excluding carboxylic acids is 1. The number of ether oxygens (including phenoxy) is 2. The van der Waals surface area contributed by atoms with Crippen LogP contribution in [0.4, 0.5) is 0 Å². The van der Waals surface area contributed by atoms with Crippen molar-refractivity contribution in [1.82, 2.24) is 10.2 Å². The van der Waals surface area contributed by atoms with Gasteiger partial charge in [-0.2, -0.15) is 0 Å². The Morgan fingerprint density at radius 2 is 1.81 bits per heavy atom. The first-order chi connectivity index (χ1) is 13.1. The first-order valence-corrected chi connectivity index (χ1v) is 9.56. The molecule has 1 atom stereocenters. The summed E-state index contributed by atoms with van der Waals surface area (Å²) in [6.07, 6.45) is -0.586. The molecular weight excluding hydrogens is 364 g/mol. The van der Waals surface area contributed by atoms with Gasteiger partial charge in [0, 0.05) is 31.2 Å². The van der Waals surface area contributed by atoms with Crippen LogP contribution in [0.3, 0.4) is 0 Å². The number of hydrogen-bond donors (Lipinski definition) is 1. The van der Waals surface area contributed by atoms with Crippen molar-refractivity contribution in [1.29, 1.82) is 0 Å². The molecule has 1 aliphatic heterocycles. The molecule has 0 radical (unpaired) electrons. The molecule has 144 valence electrons. The quantitative estimate of drug-likeness (QED) is 0.791. The summed E-state index contributed by atoms with van der Waals surface area (Å²) >= 11 is 5.87. The molecule has 0 aromatic heterocycles. The number of carbonyl (C=O) groups is 1. The van der Waals surface area contributed by atoms with Crippen LogP contribution in [0.15, 0.2) is 48.5 Å². The smallest absolute Gasteiger partial charge is 0.261 e. The van der Waals surface area contributed by atoms with Crippen LogP contribution in [0.25, 0.3) is 0 Å². The van der Waals surface area contributed by atoms with Crippen LogP contribution in [0.2, 0.25) is 5.02 Å². The minimum absolute atomic E-state index is 0.147. The van der Waals surface area contributed by atoms with Gasteiger partial charge >= 0.3 is 0 Å². The van der Waals surface area contributed by atoms with Crippen molar-refractivity contribution in [2.24, 2.45) is 0 Å². The molecule has 1 amide bonds. The van der Waals surface area contributed by atoms with E-state index in [1.54, 1.807) is 31.2 Å². The van der Waals surface area contributed by atoms with E-state index >= 15 is 0 Å². The van der Waals surface area contributed by atoms with E-state index in [0.29, 0.717) is 17.3 Å². The topological polar surface area (TPSA) is 50.8 Å². The summed E-state index contributed by atoms with van der Waals surface area (Å²) < 4.78 is 11.1. The van der Waals surface area contributed by atoms with E-state index < -0.39 is 6.10 Å². The van der Waals surface area contributed by atoms with Gasteiger partial charge < -0.3 is 14.8 Å². The molecule has 0 aliphatic carbocycles. The molecule has 1 N–H and O–H groups in total. The number of hydrogen-bond acceptors (Lipinski definition) is 4. The van der Waals surface area contributed by atoms with Crippen LogP contribution in [-0.2, 0) is 22.6 Å². The van der Waals surface area contributed by atoms with Crippen molar-refractivity contribution in [3.63, 3.8) is 0 Å². The zero-order valence-electron chi connectivity index (χ0n) is 15.5. The SMILES string of the molecule is C[C@H](Oc1ccc(Cl)cc1)C(=O)NCc1ccccc1CN1CCOCC1. The number of amides is 1. The lowest BCUT2D eigenvalue weighted by molar-refractivity contribution is -0.127. The molecule has 1 saturated heterocycles. The summed E-state index contributed by atoms with van der Waals surface area (Å²) in [6.45, 7) is 6.51. The molecule has 0 unspecified atom stereocenters. The molecule has 1 heterocycles. The largest absolute Gasteiger partial charge is 0.481 e. The normalized spacial score (nSPS) is 15.9. The van der Waals surface area contributed by atoms with Gasteiger partial charge in [-0.15, -0.1) is 0 Å². The second-order valence-corrected chi connectivity index (χ2v) is 7.03. The van der Waals surface area contributed by atoms with Gasteiger partial charge in [-0.05, 0) is 42.3 Å². The fraction of sp³-hybridized carbons (Fsp3) is 0.381. The highest BCUT2D eigenvalue weighted by Crippen LogP contribution is 2.17. The van der Waals surface area contributed by atoms with Crippen molar-refractivity contribution in [2.75, 3.05) is 26.3 Å². The summed E-state index contributed by atoms with van der Waals surface area (Å²) in [5, 5.41) is 3.61. The number of rotatable bonds is 7. The van der Waals surface area contributed by atoms with Gasteiger partial charge in [0.2, 0.25) is 0 Å². The molecular formula is C21H25ClN2O3. The zero-order chi connectivity index (χ0) is 19.1. The van der Waals surface area contributed by atoms with Gasteiger partial charge in [0.1, 0.15) is 5.75 Å². The average Bonchev–Trinajstić information content (AvgIpc) is 2.69. The standard InChI is InChI=1S/C21H25ClN2O3/c1-16(27-20-8-6-19(22)7-9-20)21(25)23-14-17-4-2-3-5-18(17)15-24-10-12-26-13-11-24/h2-9,16H,10-15H2,1H3,(H,23,25)/t16-/m0/s1. The Labute approximate surface area is 165 Å². The van der Waals surface area contributed by atoms with Crippen LogP contribution in [0.5, 0.6) is 5.75 Å². The molecule has 1 aliphatic rings. The lowest BCUT2D eigenvalue weighted by Gasteiger charge is -2.27. The van der Waals surface area contributed by atoms with Crippen LogP contribution in [0.1, 0.15) is 18.1 Å². The van der Waals surface area contributed by atoms with Gasteiger partial charge in [0.25, 0.3) is 5.91 Å². The van der Waals surface area contributed by atoms with E-state index in [9.17, 15) is 4.79 Å². The van der Waals surface area contributed by atoms with Crippen LogP contribution in [0, 0.1) is 0 Å². The molecule has 2 aromatic carbocycles. The van der Waals surface area contributed by atoms with Crippen LogP contribution >= 0.6 is 11.6 Å². The summed E-state index contributed by atoms with van der Waals surface area (Å²) in [4.78, 5) is 14.8. The molecule has 0 bridgehead atoms. The minimum atomic E-state index is -0.586. The van der Waals surface area contributed by atoms with Gasteiger partial charge in [-0.1, -0.05) is 35.9 Å². The van der Waals surface area contributed by atoms with Crippen molar-refractivity contribution in [2.45, 2.75) is 26.1 Å². The Kier molecular flexibility index (Phi) is 7.10. The lowest BCUT2D eigenvalue weighted by Crippen LogP contribution is -2.37. The third kappa shape index (κ3) is 5.96. The molecule has 0 saturated carbocycles. The van der Waals surface area contributed by atoms with Crippen LogP contribution < -0.4 is 10.1 Å². The Bertz CT molecular complexity index is 745. The van der Waals surface area contributed by atoms with E-state index in [4.69, 9.17) is 21.1 Å². The van der Waals surface area contributed by atoms with E-state index in [2.05, 4.69) is 22.3 Å². The highest BCUT2D eigenvalue weighted by Gasteiger charge is 2.16. The monoisotopic (exact) mass is 388 g/mol. The number of morpholine rings is 1. The fourth-order valence-corrected chi connectivity index (χ4v) is 3.11. The number of nitrogens with one attached hydrogen (secondary N) is 1. The number of halogens is 1. The Hall–Kier alpha value is -2.08. The Balaban J connectivity index is 1.54. The first-order valence-electron chi connectivity index (χ1n) is 9.18. The summed E-state index contributed by atoms with van der Waals surface area (Å²) in [6, 6.07) is 15.2. The predicted octanol–water partition coefficient (Wildman–Crippen LogP) is 3.26. The van der Waals surface area contributed by atoms with Crippen molar-refractivity contribution in [3.8, 4) is 5.75 Å². The average molecular weight is 389 g/mol. The summed E-state index contributed by atoms with van der Waals surface area (Å²) in [5.41, 5.74) is 2.35. The summed E-state index contributed by atoms with van der Waals surface area (Å²) in [5.74, 6) is 0.473. The molecule has 0 spiro atoms. The summed E-state index contributed by atoms with van der Waals surface area (Å²) in [7, 11) is 0. The maximum atomic E-state index is 12.4. The van der Waals surface area contributed by atoms with E-state index in [-0.39, 0.29) is 5.91 Å². The lowest BCUT2D eigenvalue weighted by atomic mass is 10.1. The highest BCUT2D eigenvalue weighted by atomic mass is 35.5. The van der Waals surface area contributed by atoms with E-state index in [1.165, 1.54) is 5.56 Å². The third-order valence-corrected chi connectivity index (χ3v) is 4.82. The predicted molar refractivity (Wildman–Crippen MR) is 106 cm³/mol. The minimum Gasteiger partial charge on any atom is -0.481 e. The fourth-order valence-electron chi connectivity index (χ4n) is 2.98. The van der Waals surface area contributed by atoms with Gasteiger partial charge in [0.05, 0.1) is 13.2 Å². The van der Waals surface area contributed by atoms with Crippen molar-refractivity contribution >= 4 is 17.5 Å². The van der Waals surface area contributed by atoms with Gasteiger partial charge in [-0.25, -0.2) is 0 Å². The molecule has 6 heteroatoms. The van der Waals surface area contributed by atoms with Gasteiger partial charge in [-0.3, -0.25) is 9.69 Å². The highest BCUT2D eigenvalue weighted by molar-refractivity contribution is 6.30. The second kappa shape index (κ2) is 9.74.